The first-order valence-electron chi connectivity index (χ1n) is 8.54. The van der Waals surface area contributed by atoms with E-state index in [4.69, 9.17) is 10.5 Å². The summed E-state index contributed by atoms with van der Waals surface area (Å²) >= 11 is 0. The summed E-state index contributed by atoms with van der Waals surface area (Å²) in [5.41, 5.74) is 8.46. The van der Waals surface area contributed by atoms with E-state index in [-0.39, 0.29) is 12.2 Å². The molecule has 0 atom stereocenters. The van der Waals surface area contributed by atoms with Gasteiger partial charge in [-0.15, -0.1) is 0 Å². The predicted molar refractivity (Wildman–Crippen MR) is 98.9 cm³/mol. The summed E-state index contributed by atoms with van der Waals surface area (Å²) in [4.78, 5) is 10.9. The van der Waals surface area contributed by atoms with Gasteiger partial charge in [-0.25, -0.2) is 0 Å². The van der Waals surface area contributed by atoms with Crippen LogP contribution >= 0.6 is 0 Å². The molecule has 0 saturated carbocycles. The maximum Gasteiger partial charge on any atom is 0.221 e. The number of nitrogens with one attached hydrogen (secondary N) is 1. The summed E-state index contributed by atoms with van der Waals surface area (Å²) in [6, 6.07) is 13.5. The van der Waals surface area contributed by atoms with Crippen LogP contribution in [-0.4, -0.2) is 30.7 Å². The van der Waals surface area contributed by atoms with Crippen molar-refractivity contribution in [3.05, 3.63) is 59.2 Å². The van der Waals surface area contributed by atoms with Gasteiger partial charge in [0.1, 0.15) is 6.61 Å². The van der Waals surface area contributed by atoms with E-state index < -0.39 is 5.91 Å². The number of hydrogen-bond acceptors (Lipinski definition) is 4. The molecule has 0 bridgehead atoms. The monoisotopic (exact) mass is 342 g/mol. The number of benzene rings is 2. The first kappa shape index (κ1) is 18.8. The van der Waals surface area contributed by atoms with Gasteiger partial charge < -0.3 is 20.9 Å². The molecule has 5 heteroatoms. The summed E-state index contributed by atoms with van der Waals surface area (Å²) in [5.74, 6) is 0.0101. The van der Waals surface area contributed by atoms with Crippen LogP contribution in [0, 0.1) is 6.92 Å². The number of aryl methyl sites for hydroxylation is 2. The smallest absolute Gasteiger partial charge is 0.221 e. The molecule has 2 aromatic carbocycles. The molecule has 0 aliphatic heterocycles. The topological polar surface area (TPSA) is 84.6 Å². The highest BCUT2D eigenvalue weighted by Crippen LogP contribution is 2.26. The van der Waals surface area contributed by atoms with Crippen molar-refractivity contribution in [3.63, 3.8) is 0 Å². The van der Waals surface area contributed by atoms with E-state index in [0.29, 0.717) is 24.5 Å². The minimum atomic E-state index is -0.428. The zero-order valence-corrected chi connectivity index (χ0v) is 14.6. The number of aromatic hydroxyl groups is 1. The third-order valence-electron chi connectivity index (χ3n) is 3.84. The summed E-state index contributed by atoms with van der Waals surface area (Å²) < 4.78 is 5.55. The molecule has 0 radical (unpaired) electrons. The van der Waals surface area contributed by atoms with Crippen LogP contribution < -0.4 is 15.8 Å². The number of nitrogens with two attached hydrogens (primary N) is 1. The van der Waals surface area contributed by atoms with Gasteiger partial charge in [-0.2, -0.15) is 0 Å². The minimum Gasteiger partial charge on any atom is -0.504 e. The van der Waals surface area contributed by atoms with Gasteiger partial charge in [0, 0.05) is 6.54 Å². The lowest BCUT2D eigenvalue weighted by molar-refractivity contribution is -0.117. The highest BCUT2D eigenvalue weighted by atomic mass is 16.5. The van der Waals surface area contributed by atoms with Crippen molar-refractivity contribution in [1.29, 1.82) is 0 Å². The van der Waals surface area contributed by atoms with E-state index in [1.165, 1.54) is 17.2 Å². The Bertz CT molecular complexity index is 701. The van der Waals surface area contributed by atoms with Crippen molar-refractivity contribution in [1.82, 2.24) is 5.32 Å². The van der Waals surface area contributed by atoms with Crippen molar-refractivity contribution < 1.29 is 14.6 Å². The number of primary amides is 1. The zero-order chi connectivity index (χ0) is 18.1. The lowest BCUT2D eigenvalue weighted by atomic mass is 10.1. The molecule has 134 valence electrons. The van der Waals surface area contributed by atoms with Crippen molar-refractivity contribution in [2.45, 2.75) is 26.2 Å². The van der Waals surface area contributed by atoms with Crippen molar-refractivity contribution >= 4 is 5.91 Å². The third kappa shape index (κ3) is 6.85. The van der Waals surface area contributed by atoms with Crippen LogP contribution in [0.1, 0.15) is 23.1 Å². The van der Waals surface area contributed by atoms with E-state index in [1.54, 1.807) is 12.1 Å². The van der Waals surface area contributed by atoms with E-state index in [2.05, 4.69) is 36.5 Å². The molecule has 25 heavy (non-hydrogen) atoms. The number of phenols is 1. The lowest BCUT2D eigenvalue weighted by Gasteiger charge is -2.10. The number of rotatable bonds is 10. The summed E-state index contributed by atoms with van der Waals surface area (Å²) in [6.07, 6.45) is 2.23. The number of amides is 1. The van der Waals surface area contributed by atoms with Crippen molar-refractivity contribution in [2.75, 3.05) is 19.7 Å². The number of carbonyl (C=O) groups is 1. The van der Waals surface area contributed by atoms with Gasteiger partial charge in [0.05, 0.1) is 6.42 Å². The quantitative estimate of drug-likeness (QED) is 0.579. The lowest BCUT2D eigenvalue weighted by Crippen LogP contribution is -2.22. The van der Waals surface area contributed by atoms with Crippen molar-refractivity contribution in [2.24, 2.45) is 5.73 Å². The minimum absolute atomic E-state index is 0.0261. The fourth-order valence-electron chi connectivity index (χ4n) is 2.64. The molecule has 0 fully saturated rings. The van der Waals surface area contributed by atoms with Gasteiger partial charge in [-0.3, -0.25) is 4.79 Å². The molecular weight excluding hydrogens is 316 g/mol. The summed E-state index contributed by atoms with van der Waals surface area (Å²) in [7, 11) is 0. The zero-order valence-electron chi connectivity index (χ0n) is 14.6. The predicted octanol–water partition coefficient (Wildman–Crippen LogP) is 2.33. The second-order valence-corrected chi connectivity index (χ2v) is 6.14. The highest BCUT2D eigenvalue weighted by Gasteiger charge is 2.05. The number of phenolic OH excluding ortho intramolecular Hbond substituents is 1. The Morgan fingerprint density at radius 3 is 2.72 bits per heavy atom. The molecule has 0 saturated heterocycles. The Morgan fingerprint density at radius 1 is 1.16 bits per heavy atom. The van der Waals surface area contributed by atoms with E-state index in [1.807, 2.05) is 0 Å². The van der Waals surface area contributed by atoms with Crippen LogP contribution in [0.2, 0.25) is 0 Å². The van der Waals surface area contributed by atoms with Crippen LogP contribution in [0.15, 0.2) is 42.5 Å². The van der Waals surface area contributed by atoms with Gasteiger partial charge in [0.25, 0.3) is 0 Å². The molecule has 5 nitrogen and oxygen atoms in total. The maximum atomic E-state index is 10.9. The van der Waals surface area contributed by atoms with Crippen LogP contribution in [-0.2, 0) is 17.6 Å². The molecule has 2 rings (SSSR count). The Morgan fingerprint density at radius 2 is 2.00 bits per heavy atom. The largest absolute Gasteiger partial charge is 0.504 e. The fraction of sp³-hybridized carbons (Fsp3) is 0.350. The second kappa shape index (κ2) is 9.69. The molecule has 0 spiro atoms. The molecule has 0 unspecified atom stereocenters. The number of hydrogen-bond donors (Lipinski definition) is 3. The van der Waals surface area contributed by atoms with Gasteiger partial charge in [0.15, 0.2) is 11.5 Å². The van der Waals surface area contributed by atoms with Gasteiger partial charge in [-0.1, -0.05) is 35.9 Å². The van der Waals surface area contributed by atoms with Crippen LogP contribution in [0.4, 0.5) is 0 Å². The number of carbonyl (C=O) groups excluding carboxylic acids is 1. The van der Waals surface area contributed by atoms with E-state index in [9.17, 15) is 9.90 Å². The molecular formula is C20H26N2O3. The van der Waals surface area contributed by atoms with Crippen LogP contribution in [0.3, 0.4) is 0 Å². The molecule has 2 aromatic rings. The van der Waals surface area contributed by atoms with Crippen LogP contribution in [0.5, 0.6) is 11.5 Å². The molecule has 4 N–H and O–H groups in total. The number of ether oxygens (including phenoxy) is 1. The molecule has 0 aliphatic carbocycles. The van der Waals surface area contributed by atoms with Gasteiger partial charge in [-0.05, 0) is 49.6 Å². The Labute approximate surface area is 148 Å². The molecule has 0 aromatic heterocycles. The molecule has 0 heterocycles. The van der Waals surface area contributed by atoms with Crippen molar-refractivity contribution in [3.8, 4) is 11.5 Å². The normalized spacial score (nSPS) is 10.6. The SMILES string of the molecule is Cc1cccc(CCCNCCOc2ccc(CC(N)=O)cc2O)c1. The second-order valence-electron chi connectivity index (χ2n) is 6.14. The first-order chi connectivity index (χ1) is 12.0. The molecule has 1 amide bonds. The van der Waals surface area contributed by atoms with Gasteiger partial charge in [0.2, 0.25) is 5.91 Å². The fourth-order valence-corrected chi connectivity index (χ4v) is 2.64. The Kier molecular flexibility index (Phi) is 7.29. The first-order valence-corrected chi connectivity index (χ1v) is 8.54. The maximum absolute atomic E-state index is 10.9. The van der Waals surface area contributed by atoms with Gasteiger partial charge >= 0.3 is 0 Å². The molecule has 0 aliphatic rings. The van der Waals surface area contributed by atoms with E-state index in [0.717, 1.165) is 19.4 Å². The van der Waals surface area contributed by atoms with Crippen LogP contribution in [0.25, 0.3) is 0 Å². The Hall–Kier alpha value is -2.53. The Balaban J connectivity index is 1.62. The average molecular weight is 342 g/mol. The summed E-state index contributed by atoms with van der Waals surface area (Å²) in [5, 5.41) is 13.2. The third-order valence-corrected chi connectivity index (χ3v) is 3.84. The summed E-state index contributed by atoms with van der Waals surface area (Å²) in [6.45, 7) is 4.19. The average Bonchev–Trinajstić information content (AvgIpc) is 2.55. The highest BCUT2D eigenvalue weighted by molar-refractivity contribution is 5.76. The van der Waals surface area contributed by atoms with E-state index >= 15 is 0 Å². The standard InChI is InChI=1S/C20H26N2O3/c1-15-4-2-5-16(12-15)6-3-9-22-10-11-25-19-8-7-17(13-18(19)23)14-20(21)24/h2,4-5,7-8,12-13,22-23H,3,6,9-11,14H2,1H3,(H2,21,24).